The zero-order chi connectivity index (χ0) is 13.8. The summed E-state index contributed by atoms with van der Waals surface area (Å²) in [5, 5.41) is 3.96. The van der Waals surface area contributed by atoms with Gasteiger partial charge >= 0.3 is 0 Å². The summed E-state index contributed by atoms with van der Waals surface area (Å²) in [6, 6.07) is 16.0. The Labute approximate surface area is 123 Å². The van der Waals surface area contributed by atoms with E-state index in [0.29, 0.717) is 15.6 Å². The molecule has 98 valence electrons. The molecule has 0 aliphatic heterocycles. The third-order valence-corrected chi connectivity index (χ3v) is 3.45. The van der Waals surface area contributed by atoms with E-state index in [-0.39, 0.29) is 6.04 Å². The normalized spacial score (nSPS) is 11.9. The SMILES string of the molecule is CC(Nc1ccc(C(N)=S)c(Cl)c1)c1ccccc1. The Hall–Kier alpha value is -1.58. The highest BCUT2D eigenvalue weighted by Crippen LogP contribution is 2.24. The molecule has 1 atom stereocenters. The Kier molecular flexibility index (Phi) is 4.40. The van der Waals surface area contributed by atoms with Gasteiger partial charge in [-0.3, -0.25) is 0 Å². The lowest BCUT2D eigenvalue weighted by molar-refractivity contribution is 0.885. The van der Waals surface area contributed by atoms with E-state index in [1.54, 1.807) is 0 Å². The average molecular weight is 291 g/mol. The maximum atomic E-state index is 6.15. The summed E-state index contributed by atoms with van der Waals surface area (Å²) in [6.07, 6.45) is 0. The van der Waals surface area contributed by atoms with E-state index in [4.69, 9.17) is 29.6 Å². The number of benzene rings is 2. The van der Waals surface area contributed by atoms with Crippen LogP contribution in [0.25, 0.3) is 0 Å². The van der Waals surface area contributed by atoms with Gasteiger partial charge in [-0.15, -0.1) is 0 Å². The van der Waals surface area contributed by atoms with Gasteiger partial charge < -0.3 is 11.1 Å². The molecule has 1 unspecified atom stereocenters. The highest BCUT2D eigenvalue weighted by molar-refractivity contribution is 7.80. The number of nitrogens with one attached hydrogen (secondary N) is 1. The average Bonchev–Trinajstić information content (AvgIpc) is 2.39. The molecule has 4 heteroatoms. The van der Waals surface area contributed by atoms with E-state index < -0.39 is 0 Å². The van der Waals surface area contributed by atoms with Crippen LogP contribution >= 0.6 is 23.8 Å². The molecule has 0 aromatic heterocycles. The molecule has 3 N–H and O–H groups in total. The van der Waals surface area contributed by atoms with Crippen LogP contribution < -0.4 is 11.1 Å². The number of halogens is 1. The minimum Gasteiger partial charge on any atom is -0.389 e. The Bertz CT molecular complexity index is 584. The molecule has 0 saturated heterocycles. The van der Waals surface area contributed by atoms with Gasteiger partial charge in [0.1, 0.15) is 4.99 Å². The van der Waals surface area contributed by atoms with Gasteiger partial charge in [0, 0.05) is 17.3 Å². The van der Waals surface area contributed by atoms with Crippen LogP contribution in [0.2, 0.25) is 5.02 Å². The van der Waals surface area contributed by atoms with Crippen molar-refractivity contribution in [2.75, 3.05) is 5.32 Å². The van der Waals surface area contributed by atoms with Crippen LogP contribution in [0.4, 0.5) is 5.69 Å². The second kappa shape index (κ2) is 6.04. The second-order valence-electron chi connectivity index (χ2n) is 4.34. The summed E-state index contributed by atoms with van der Waals surface area (Å²) < 4.78 is 0. The lowest BCUT2D eigenvalue weighted by atomic mass is 10.1. The van der Waals surface area contributed by atoms with Crippen LogP contribution in [0.5, 0.6) is 0 Å². The summed E-state index contributed by atoms with van der Waals surface area (Å²) in [5.41, 5.74) is 8.45. The van der Waals surface area contributed by atoms with Crippen LogP contribution in [0, 0.1) is 0 Å². The molecule has 0 fully saturated rings. The minimum absolute atomic E-state index is 0.202. The maximum Gasteiger partial charge on any atom is 0.105 e. The molecule has 0 aliphatic carbocycles. The predicted octanol–water partition coefficient (Wildman–Crippen LogP) is 4.15. The van der Waals surface area contributed by atoms with Crippen LogP contribution in [-0.4, -0.2) is 4.99 Å². The fourth-order valence-electron chi connectivity index (χ4n) is 1.88. The van der Waals surface area contributed by atoms with Gasteiger partial charge in [0.2, 0.25) is 0 Å². The molecule has 0 spiro atoms. The van der Waals surface area contributed by atoms with E-state index in [1.807, 2.05) is 36.4 Å². The molecule has 0 amide bonds. The molecule has 0 saturated carbocycles. The number of nitrogens with two attached hydrogens (primary N) is 1. The first-order valence-electron chi connectivity index (χ1n) is 5.99. The van der Waals surface area contributed by atoms with Gasteiger partial charge in [-0.05, 0) is 30.7 Å². The third kappa shape index (κ3) is 3.46. The molecule has 2 aromatic carbocycles. The molecule has 0 aliphatic rings. The van der Waals surface area contributed by atoms with Crippen molar-refractivity contribution < 1.29 is 0 Å². The number of rotatable bonds is 4. The second-order valence-corrected chi connectivity index (χ2v) is 5.18. The lowest BCUT2D eigenvalue weighted by Gasteiger charge is -2.16. The maximum absolute atomic E-state index is 6.15. The van der Waals surface area contributed by atoms with Crippen molar-refractivity contribution in [2.45, 2.75) is 13.0 Å². The van der Waals surface area contributed by atoms with Crippen LogP contribution in [0.3, 0.4) is 0 Å². The lowest BCUT2D eigenvalue weighted by Crippen LogP contribution is -2.11. The van der Waals surface area contributed by atoms with E-state index in [0.717, 1.165) is 5.69 Å². The molecule has 2 rings (SSSR count). The van der Waals surface area contributed by atoms with Crippen LogP contribution in [0.1, 0.15) is 24.1 Å². The van der Waals surface area contributed by atoms with Gasteiger partial charge in [-0.1, -0.05) is 54.2 Å². The molecular formula is C15H15ClN2S. The van der Waals surface area contributed by atoms with Gasteiger partial charge in [0.15, 0.2) is 0 Å². The Morgan fingerprint density at radius 2 is 1.89 bits per heavy atom. The van der Waals surface area contributed by atoms with Crippen molar-refractivity contribution in [3.63, 3.8) is 0 Å². The summed E-state index contributed by atoms with van der Waals surface area (Å²) >= 11 is 11.1. The van der Waals surface area contributed by atoms with E-state index in [9.17, 15) is 0 Å². The highest BCUT2D eigenvalue weighted by atomic mass is 35.5. The molecule has 0 bridgehead atoms. The zero-order valence-corrected chi connectivity index (χ0v) is 12.1. The molecule has 19 heavy (non-hydrogen) atoms. The Balaban J connectivity index is 2.16. The fraction of sp³-hybridized carbons (Fsp3) is 0.133. The van der Waals surface area contributed by atoms with Crippen molar-refractivity contribution in [2.24, 2.45) is 5.73 Å². The summed E-state index contributed by atoms with van der Waals surface area (Å²) in [7, 11) is 0. The van der Waals surface area contributed by atoms with Crippen molar-refractivity contribution in [1.29, 1.82) is 0 Å². The number of hydrogen-bond acceptors (Lipinski definition) is 2. The quantitative estimate of drug-likeness (QED) is 0.831. The predicted molar refractivity (Wildman–Crippen MR) is 85.8 cm³/mol. The molecule has 0 radical (unpaired) electrons. The smallest absolute Gasteiger partial charge is 0.105 e. The standard InChI is InChI=1S/C15H15ClN2S/c1-10(11-5-3-2-4-6-11)18-12-7-8-13(15(17)19)14(16)9-12/h2-10,18H,1H3,(H2,17,19). The first-order chi connectivity index (χ1) is 9.08. The van der Waals surface area contributed by atoms with E-state index >= 15 is 0 Å². The van der Waals surface area contributed by atoms with Crippen molar-refractivity contribution in [3.05, 3.63) is 64.7 Å². The molecule has 2 aromatic rings. The molecule has 2 nitrogen and oxygen atoms in total. The van der Waals surface area contributed by atoms with Crippen molar-refractivity contribution in [3.8, 4) is 0 Å². The van der Waals surface area contributed by atoms with Crippen molar-refractivity contribution in [1.82, 2.24) is 0 Å². The van der Waals surface area contributed by atoms with E-state index in [1.165, 1.54) is 5.56 Å². The third-order valence-electron chi connectivity index (χ3n) is 2.92. The van der Waals surface area contributed by atoms with Crippen molar-refractivity contribution >= 4 is 34.5 Å². The van der Waals surface area contributed by atoms with Gasteiger partial charge in [0.05, 0.1) is 5.02 Å². The summed E-state index contributed by atoms with van der Waals surface area (Å²) in [5.74, 6) is 0. The summed E-state index contributed by atoms with van der Waals surface area (Å²) in [6.45, 7) is 2.10. The largest absolute Gasteiger partial charge is 0.389 e. The Morgan fingerprint density at radius 3 is 2.47 bits per heavy atom. The topological polar surface area (TPSA) is 38.0 Å². The first kappa shape index (κ1) is 13.8. The summed E-state index contributed by atoms with van der Waals surface area (Å²) in [4.78, 5) is 0.313. The fourth-order valence-corrected chi connectivity index (χ4v) is 2.40. The van der Waals surface area contributed by atoms with E-state index in [2.05, 4.69) is 24.4 Å². The first-order valence-corrected chi connectivity index (χ1v) is 6.77. The monoisotopic (exact) mass is 290 g/mol. The highest BCUT2D eigenvalue weighted by Gasteiger charge is 2.07. The number of hydrogen-bond donors (Lipinski definition) is 2. The van der Waals surface area contributed by atoms with Gasteiger partial charge in [0.25, 0.3) is 0 Å². The number of thiocarbonyl (C=S) groups is 1. The number of anilines is 1. The van der Waals surface area contributed by atoms with Crippen LogP contribution in [0.15, 0.2) is 48.5 Å². The molecular weight excluding hydrogens is 276 g/mol. The minimum atomic E-state index is 0.202. The van der Waals surface area contributed by atoms with Crippen LogP contribution in [-0.2, 0) is 0 Å². The molecule has 0 heterocycles. The van der Waals surface area contributed by atoms with Gasteiger partial charge in [-0.2, -0.15) is 0 Å². The Morgan fingerprint density at radius 1 is 1.21 bits per heavy atom. The zero-order valence-electron chi connectivity index (χ0n) is 10.6. The van der Waals surface area contributed by atoms with Gasteiger partial charge in [-0.25, -0.2) is 0 Å².